The Hall–Kier alpha value is -0.180. The highest BCUT2D eigenvalue weighted by Gasteiger charge is 2.46. The SMILES string of the molecule is CCC(C)(CC(C)(CC)C(=O)NC)SC(C)(CC)CC(C)(CC)C(C)(C)C. The first kappa shape index (κ1) is 26.8. The number of carbonyl (C=O) groups excluding carboxylic acids is 1. The van der Waals surface area contributed by atoms with Gasteiger partial charge in [-0.15, -0.1) is 11.8 Å². The number of rotatable bonds is 11. The van der Waals surface area contributed by atoms with Gasteiger partial charge in [-0.1, -0.05) is 82.6 Å². The van der Waals surface area contributed by atoms with Crippen LogP contribution < -0.4 is 5.32 Å². The summed E-state index contributed by atoms with van der Waals surface area (Å²) in [7, 11) is 1.76. The predicted molar refractivity (Wildman–Crippen MR) is 125 cm³/mol. The van der Waals surface area contributed by atoms with Crippen molar-refractivity contribution in [3.05, 3.63) is 0 Å². The Morgan fingerprint density at radius 3 is 1.48 bits per heavy atom. The molecule has 1 amide bonds. The van der Waals surface area contributed by atoms with Crippen LogP contribution in [0.15, 0.2) is 0 Å². The molecule has 0 aromatic heterocycles. The van der Waals surface area contributed by atoms with Crippen molar-refractivity contribution in [2.75, 3.05) is 7.05 Å². The van der Waals surface area contributed by atoms with Crippen molar-refractivity contribution >= 4 is 17.7 Å². The van der Waals surface area contributed by atoms with Crippen molar-refractivity contribution < 1.29 is 4.79 Å². The fraction of sp³-hybridized carbons (Fsp3) is 0.958. The third-order valence-electron chi connectivity index (χ3n) is 7.66. The first-order valence-corrected chi connectivity index (χ1v) is 11.8. The number of amides is 1. The first-order chi connectivity index (χ1) is 12.1. The maximum absolute atomic E-state index is 12.6. The molecule has 0 aliphatic rings. The molecule has 0 radical (unpaired) electrons. The van der Waals surface area contributed by atoms with E-state index in [1.54, 1.807) is 7.05 Å². The van der Waals surface area contributed by atoms with Gasteiger partial charge in [0, 0.05) is 22.0 Å². The molecule has 3 heteroatoms. The third-order valence-corrected chi connectivity index (χ3v) is 9.51. The van der Waals surface area contributed by atoms with Gasteiger partial charge in [0.05, 0.1) is 0 Å². The Morgan fingerprint density at radius 2 is 1.19 bits per heavy atom. The van der Waals surface area contributed by atoms with Gasteiger partial charge in [-0.25, -0.2) is 0 Å². The Morgan fingerprint density at radius 1 is 0.741 bits per heavy atom. The molecule has 1 N–H and O–H groups in total. The number of hydrogen-bond donors (Lipinski definition) is 1. The van der Waals surface area contributed by atoms with Crippen molar-refractivity contribution in [2.45, 2.75) is 124 Å². The molecule has 4 atom stereocenters. The largest absolute Gasteiger partial charge is 0.359 e. The van der Waals surface area contributed by atoms with E-state index in [2.05, 4.69) is 93.2 Å². The normalized spacial score (nSPS) is 21.5. The van der Waals surface area contributed by atoms with Gasteiger partial charge >= 0.3 is 0 Å². The summed E-state index contributed by atoms with van der Waals surface area (Å²) in [4.78, 5) is 12.6. The Balaban J connectivity index is 5.74. The van der Waals surface area contributed by atoms with Crippen LogP contribution in [0.1, 0.15) is 115 Å². The maximum atomic E-state index is 12.6. The van der Waals surface area contributed by atoms with Crippen molar-refractivity contribution in [1.82, 2.24) is 5.32 Å². The molecule has 0 saturated heterocycles. The van der Waals surface area contributed by atoms with Gasteiger partial charge in [0.1, 0.15) is 0 Å². The fourth-order valence-electron chi connectivity index (χ4n) is 4.30. The lowest BCUT2D eigenvalue weighted by Gasteiger charge is -2.50. The molecule has 0 saturated carbocycles. The molecule has 0 heterocycles. The second-order valence-corrected chi connectivity index (χ2v) is 12.9. The van der Waals surface area contributed by atoms with Gasteiger partial charge < -0.3 is 5.32 Å². The first-order valence-electron chi connectivity index (χ1n) is 11.0. The van der Waals surface area contributed by atoms with E-state index in [1.807, 2.05) is 0 Å². The molecule has 0 fully saturated rings. The smallest absolute Gasteiger partial charge is 0.225 e. The minimum Gasteiger partial charge on any atom is -0.359 e. The second-order valence-electron chi connectivity index (χ2n) is 10.7. The van der Waals surface area contributed by atoms with Gasteiger partial charge in [0.2, 0.25) is 5.91 Å². The monoisotopic (exact) mass is 399 g/mol. The lowest BCUT2D eigenvalue weighted by atomic mass is 9.62. The second kappa shape index (κ2) is 9.55. The van der Waals surface area contributed by atoms with Crippen LogP contribution >= 0.6 is 11.8 Å². The summed E-state index contributed by atoms with van der Waals surface area (Å²) in [6, 6.07) is 0. The zero-order valence-corrected chi connectivity index (χ0v) is 21.4. The van der Waals surface area contributed by atoms with E-state index in [0.717, 1.165) is 25.7 Å². The lowest BCUT2D eigenvalue weighted by molar-refractivity contribution is -0.130. The number of thioether (sulfide) groups is 1. The number of carbonyl (C=O) groups is 1. The van der Waals surface area contributed by atoms with E-state index in [9.17, 15) is 4.79 Å². The molecule has 0 aromatic carbocycles. The standard InChI is InChI=1S/C24H49NOS/c1-13-21(8,19(26)25-12)17-23(10,15-3)27-24(11,16-4)18-22(9,14-2)20(5,6)7/h13-18H2,1-12H3,(H,25,26). The average Bonchev–Trinajstić information content (AvgIpc) is 2.59. The van der Waals surface area contributed by atoms with E-state index >= 15 is 0 Å². The average molecular weight is 400 g/mol. The van der Waals surface area contributed by atoms with E-state index < -0.39 is 0 Å². The Bertz CT molecular complexity index is 485. The van der Waals surface area contributed by atoms with E-state index in [0.29, 0.717) is 5.41 Å². The molecule has 0 aliphatic carbocycles. The molecule has 0 bridgehead atoms. The summed E-state index contributed by atoms with van der Waals surface area (Å²) in [5.74, 6) is 0.177. The highest BCUT2D eigenvalue weighted by Crippen LogP contribution is 2.55. The number of nitrogens with one attached hydrogen (secondary N) is 1. The zero-order valence-electron chi connectivity index (χ0n) is 20.6. The van der Waals surface area contributed by atoms with E-state index in [-0.39, 0.29) is 26.2 Å². The Kier molecular flexibility index (Phi) is 9.48. The molecular weight excluding hydrogens is 350 g/mol. The van der Waals surface area contributed by atoms with Gasteiger partial charge in [-0.05, 0) is 42.9 Å². The minimum atomic E-state index is -0.306. The van der Waals surface area contributed by atoms with Gasteiger partial charge in [0.15, 0.2) is 0 Å². The third kappa shape index (κ3) is 6.68. The molecule has 27 heavy (non-hydrogen) atoms. The predicted octanol–water partition coefficient (Wildman–Crippen LogP) is 7.46. The quantitative estimate of drug-likeness (QED) is 0.390. The van der Waals surface area contributed by atoms with Gasteiger partial charge in [0.25, 0.3) is 0 Å². The van der Waals surface area contributed by atoms with Gasteiger partial charge in [-0.2, -0.15) is 0 Å². The van der Waals surface area contributed by atoms with E-state index in [1.165, 1.54) is 12.8 Å². The van der Waals surface area contributed by atoms with Crippen molar-refractivity contribution in [1.29, 1.82) is 0 Å². The van der Waals surface area contributed by atoms with Crippen molar-refractivity contribution in [3.8, 4) is 0 Å². The molecule has 0 rings (SSSR count). The van der Waals surface area contributed by atoms with E-state index in [4.69, 9.17) is 0 Å². The lowest BCUT2D eigenvalue weighted by Crippen LogP contribution is -2.45. The molecule has 0 aromatic rings. The molecule has 162 valence electrons. The van der Waals surface area contributed by atoms with Crippen LogP contribution in [0, 0.1) is 16.2 Å². The Labute approximate surface area is 175 Å². The maximum Gasteiger partial charge on any atom is 0.225 e. The van der Waals surface area contributed by atoms with Crippen molar-refractivity contribution in [2.24, 2.45) is 16.2 Å². The highest BCUT2D eigenvalue weighted by atomic mass is 32.2. The minimum absolute atomic E-state index is 0.0918. The zero-order chi connectivity index (χ0) is 21.7. The summed E-state index contributed by atoms with van der Waals surface area (Å²) >= 11 is 2.14. The van der Waals surface area contributed by atoms with Crippen molar-refractivity contribution in [3.63, 3.8) is 0 Å². The summed E-state index contributed by atoms with van der Waals surface area (Å²) in [5.41, 5.74) is 0.273. The van der Waals surface area contributed by atoms with Crippen LogP contribution in [0.3, 0.4) is 0 Å². The highest BCUT2D eigenvalue weighted by molar-refractivity contribution is 8.02. The van der Waals surface area contributed by atoms with Crippen LogP contribution in [0.25, 0.3) is 0 Å². The molecular formula is C24H49NOS. The van der Waals surface area contributed by atoms with Crippen LogP contribution in [-0.2, 0) is 4.79 Å². The van der Waals surface area contributed by atoms with Crippen LogP contribution in [0.4, 0.5) is 0 Å². The van der Waals surface area contributed by atoms with Crippen LogP contribution in [0.2, 0.25) is 0 Å². The fourth-order valence-corrected chi connectivity index (χ4v) is 6.56. The summed E-state index contributed by atoms with van der Waals surface area (Å²) in [6.45, 7) is 25.7. The summed E-state index contributed by atoms with van der Waals surface area (Å²) in [6.07, 6.45) is 6.44. The summed E-state index contributed by atoms with van der Waals surface area (Å²) in [5, 5.41) is 2.90. The molecule has 0 spiro atoms. The van der Waals surface area contributed by atoms with Gasteiger partial charge in [-0.3, -0.25) is 4.79 Å². The topological polar surface area (TPSA) is 29.1 Å². The molecule has 2 nitrogen and oxygen atoms in total. The molecule has 0 aliphatic heterocycles. The molecule has 4 unspecified atom stereocenters. The van der Waals surface area contributed by atoms with Crippen LogP contribution in [0.5, 0.6) is 0 Å². The van der Waals surface area contributed by atoms with Crippen LogP contribution in [-0.4, -0.2) is 22.4 Å². The summed E-state index contributed by atoms with van der Waals surface area (Å²) < 4.78 is 0.300. The number of hydrogen-bond acceptors (Lipinski definition) is 2.